The fourth-order valence-electron chi connectivity index (χ4n) is 2.79. The first-order valence-electron chi connectivity index (χ1n) is 6.98. The van der Waals surface area contributed by atoms with E-state index in [1.54, 1.807) is 0 Å². The Kier molecular flexibility index (Phi) is 4.08. The van der Waals surface area contributed by atoms with Gasteiger partial charge in [0.1, 0.15) is 0 Å². The highest BCUT2D eigenvalue weighted by molar-refractivity contribution is 5.19. The van der Waals surface area contributed by atoms with Crippen molar-refractivity contribution in [3.05, 3.63) is 35.9 Å². The molecule has 18 heavy (non-hydrogen) atoms. The van der Waals surface area contributed by atoms with Crippen molar-refractivity contribution < 1.29 is 4.74 Å². The number of hydrogen-bond donors (Lipinski definition) is 1. The van der Waals surface area contributed by atoms with Gasteiger partial charge in [-0.15, -0.1) is 0 Å². The van der Waals surface area contributed by atoms with Crippen molar-refractivity contribution in [1.29, 1.82) is 0 Å². The Labute approximate surface area is 111 Å². The molecule has 2 nitrogen and oxygen atoms in total. The monoisotopic (exact) mass is 247 g/mol. The van der Waals surface area contributed by atoms with E-state index in [4.69, 9.17) is 4.74 Å². The van der Waals surface area contributed by atoms with Crippen LogP contribution in [-0.4, -0.2) is 18.8 Å². The summed E-state index contributed by atoms with van der Waals surface area (Å²) in [6.45, 7) is 9.72. The zero-order chi connectivity index (χ0) is 13.2. The second kappa shape index (κ2) is 5.41. The van der Waals surface area contributed by atoms with Crippen LogP contribution in [0, 0.1) is 5.41 Å². The third-order valence-electron chi connectivity index (χ3n) is 4.30. The lowest BCUT2D eigenvalue weighted by Crippen LogP contribution is -2.61. The fourth-order valence-corrected chi connectivity index (χ4v) is 2.79. The molecule has 0 aliphatic heterocycles. The van der Waals surface area contributed by atoms with E-state index < -0.39 is 0 Å². The molecule has 3 atom stereocenters. The van der Waals surface area contributed by atoms with Crippen molar-refractivity contribution in [2.24, 2.45) is 5.41 Å². The van der Waals surface area contributed by atoms with Crippen molar-refractivity contribution in [2.45, 2.75) is 52.3 Å². The fraction of sp³-hybridized carbons (Fsp3) is 0.625. The van der Waals surface area contributed by atoms with Gasteiger partial charge in [-0.3, -0.25) is 0 Å². The minimum atomic E-state index is 0.235. The molecule has 0 bridgehead atoms. The van der Waals surface area contributed by atoms with Crippen molar-refractivity contribution >= 4 is 0 Å². The lowest BCUT2D eigenvalue weighted by molar-refractivity contribution is -0.116. The third-order valence-corrected chi connectivity index (χ3v) is 4.30. The highest BCUT2D eigenvalue weighted by Gasteiger charge is 2.48. The van der Waals surface area contributed by atoms with Gasteiger partial charge < -0.3 is 10.1 Å². The maximum absolute atomic E-state index is 5.77. The number of ether oxygens (including phenoxy) is 1. The van der Waals surface area contributed by atoms with Crippen molar-refractivity contribution in [3.63, 3.8) is 0 Å². The smallest absolute Gasteiger partial charge is 0.0655 e. The highest BCUT2D eigenvalue weighted by Crippen LogP contribution is 2.43. The maximum atomic E-state index is 5.77. The lowest BCUT2D eigenvalue weighted by atomic mass is 9.64. The Balaban J connectivity index is 1.92. The molecule has 1 aliphatic rings. The molecule has 0 heterocycles. The molecular weight excluding hydrogens is 222 g/mol. The van der Waals surface area contributed by atoms with E-state index in [-0.39, 0.29) is 5.41 Å². The second-order valence-electron chi connectivity index (χ2n) is 5.85. The molecule has 0 spiro atoms. The van der Waals surface area contributed by atoms with Gasteiger partial charge in [-0.25, -0.2) is 0 Å². The summed E-state index contributed by atoms with van der Waals surface area (Å²) in [6, 6.07) is 11.6. The quantitative estimate of drug-likeness (QED) is 0.859. The average Bonchev–Trinajstić information content (AvgIpc) is 2.38. The van der Waals surface area contributed by atoms with Crippen molar-refractivity contribution in [1.82, 2.24) is 5.32 Å². The van der Waals surface area contributed by atoms with E-state index in [0.29, 0.717) is 18.2 Å². The van der Waals surface area contributed by atoms with Gasteiger partial charge >= 0.3 is 0 Å². The topological polar surface area (TPSA) is 21.3 Å². The van der Waals surface area contributed by atoms with Crippen LogP contribution in [0.3, 0.4) is 0 Å². The summed E-state index contributed by atoms with van der Waals surface area (Å²) < 4.78 is 5.77. The van der Waals surface area contributed by atoms with Crippen molar-refractivity contribution in [2.75, 3.05) is 6.61 Å². The Morgan fingerprint density at radius 1 is 1.33 bits per heavy atom. The molecule has 3 unspecified atom stereocenters. The summed E-state index contributed by atoms with van der Waals surface area (Å²) in [7, 11) is 0. The molecule has 1 aromatic rings. The van der Waals surface area contributed by atoms with Crippen LogP contribution in [0.1, 0.15) is 45.7 Å². The lowest BCUT2D eigenvalue weighted by Gasteiger charge is -2.52. The van der Waals surface area contributed by atoms with Crippen LogP contribution in [0.25, 0.3) is 0 Å². The molecule has 0 amide bonds. The summed E-state index contributed by atoms with van der Waals surface area (Å²) in [5, 5.41) is 3.73. The SMILES string of the molecule is CCOC1CC(NC(C)c2ccccc2)C1(C)C. The van der Waals surface area contributed by atoms with Gasteiger partial charge in [0.2, 0.25) is 0 Å². The van der Waals surface area contributed by atoms with E-state index in [2.05, 4.69) is 63.3 Å². The summed E-state index contributed by atoms with van der Waals surface area (Å²) in [5.41, 5.74) is 1.59. The van der Waals surface area contributed by atoms with Crippen LogP contribution in [-0.2, 0) is 4.74 Å². The maximum Gasteiger partial charge on any atom is 0.0655 e. The molecular formula is C16H25NO. The van der Waals surface area contributed by atoms with Crippen LogP contribution in [0.5, 0.6) is 0 Å². The third kappa shape index (κ3) is 2.60. The molecule has 100 valence electrons. The minimum Gasteiger partial charge on any atom is -0.378 e. The summed E-state index contributed by atoms with van der Waals surface area (Å²) in [5.74, 6) is 0. The van der Waals surface area contributed by atoms with Gasteiger partial charge in [-0.2, -0.15) is 0 Å². The first-order chi connectivity index (χ1) is 8.55. The standard InChI is InChI=1S/C16H25NO/c1-5-18-15-11-14(16(15,3)4)17-12(2)13-9-7-6-8-10-13/h6-10,12,14-15,17H,5,11H2,1-4H3. The Morgan fingerprint density at radius 3 is 2.56 bits per heavy atom. The van der Waals surface area contributed by atoms with Crippen LogP contribution in [0.15, 0.2) is 30.3 Å². The number of benzene rings is 1. The molecule has 1 aromatic carbocycles. The predicted molar refractivity (Wildman–Crippen MR) is 75.6 cm³/mol. The van der Waals surface area contributed by atoms with Crippen LogP contribution in [0.2, 0.25) is 0 Å². The van der Waals surface area contributed by atoms with Crippen molar-refractivity contribution in [3.8, 4) is 0 Å². The summed E-state index contributed by atoms with van der Waals surface area (Å²) in [4.78, 5) is 0. The van der Waals surface area contributed by atoms with E-state index in [0.717, 1.165) is 13.0 Å². The van der Waals surface area contributed by atoms with Gasteiger partial charge in [-0.1, -0.05) is 44.2 Å². The molecule has 1 aliphatic carbocycles. The summed E-state index contributed by atoms with van der Waals surface area (Å²) >= 11 is 0. The van der Waals surface area contributed by atoms with Gasteiger partial charge in [0, 0.05) is 24.1 Å². The van der Waals surface area contributed by atoms with Gasteiger partial charge in [0.15, 0.2) is 0 Å². The molecule has 2 heteroatoms. The van der Waals surface area contributed by atoms with E-state index in [1.165, 1.54) is 5.56 Å². The zero-order valence-corrected chi connectivity index (χ0v) is 11.9. The van der Waals surface area contributed by atoms with E-state index in [9.17, 15) is 0 Å². The minimum absolute atomic E-state index is 0.235. The normalized spacial score (nSPS) is 27.6. The molecule has 2 rings (SSSR count). The molecule has 0 aromatic heterocycles. The Bertz CT molecular complexity index is 374. The number of nitrogens with one attached hydrogen (secondary N) is 1. The largest absolute Gasteiger partial charge is 0.378 e. The second-order valence-corrected chi connectivity index (χ2v) is 5.85. The van der Waals surface area contributed by atoms with E-state index >= 15 is 0 Å². The van der Waals surface area contributed by atoms with Crippen LogP contribution >= 0.6 is 0 Å². The zero-order valence-electron chi connectivity index (χ0n) is 11.9. The Morgan fingerprint density at radius 2 is 2.00 bits per heavy atom. The highest BCUT2D eigenvalue weighted by atomic mass is 16.5. The molecule has 1 fully saturated rings. The van der Waals surface area contributed by atoms with Gasteiger partial charge in [0.05, 0.1) is 6.10 Å². The average molecular weight is 247 g/mol. The summed E-state index contributed by atoms with van der Waals surface area (Å²) in [6.07, 6.45) is 1.53. The number of hydrogen-bond acceptors (Lipinski definition) is 2. The molecule has 0 radical (unpaired) electrons. The number of rotatable bonds is 5. The Hall–Kier alpha value is -0.860. The molecule has 0 saturated heterocycles. The van der Waals surface area contributed by atoms with Gasteiger partial charge in [0.25, 0.3) is 0 Å². The molecule has 1 N–H and O–H groups in total. The first kappa shape index (κ1) is 13.6. The van der Waals surface area contributed by atoms with E-state index in [1.807, 2.05) is 0 Å². The van der Waals surface area contributed by atoms with Crippen LogP contribution in [0.4, 0.5) is 0 Å². The first-order valence-corrected chi connectivity index (χ1v) is 6.98. The van der Waals surface area contributed by atoms with Gasteiger partial charge in [-0.05, 0) is 25.8 Å². The molecule has 1 saturated carbocycles. The predicted octanol–water partition coefficient (Wildman–Crippen LogP) is 3.54. The van der Waals surface area contributed by atoms with Crippen LogP contribution < -0.4 is 5.32 Å².